The number of anilines is 2. The Bertz CT molecular complexity index is 1120. The monoisotopic (exact) mass is 470 g/mol. The molecule has 9 heteroatoms. The van der Waals surface area contributed by atoms with E-state index >= 15 is 0 Å². The summed E-state index contributed by atoms with van der Waals surface area (Å²) < 4.78 is 4.95. The molecular weight excluding hydrogens is 448 g/mol. The van der Waals surface area contributed by atoms with E-state index in [2.05, 4.69) is 5.32 Å². The smallest absolute Gasteiger partial charge is 0.341 e. The maximum Gasteiger partial charge on any atom is 0.341 e. The molecule has 1 aliphatic heterocycles. The van der Waals surface area contributed by atoms with Gasteiger partial charge in [0.2, 0.25) is 17.7 Å². The van der Waals surface area contributed by atoms with Gasteiger partial charge in [0.25, 0.3) is 0 Å². The fraction of sp³-hybridized carbons (Fsp3) is 0.391. The highest BCUT2D eigenvalue weighted by Gasteiger charge is 2.44. The van der Waals surface area contributed by atoms with Gasteiger partial charge in [0, 0.05) is 27.8 Å². The molecule has 0 unspecified atom stereocenters. The van der Waals surface area contributed by atoms with Crippen molar-refractivity contribution in [3.05, 3.63) is 40.3 Å². The number of thiophene rings is 1. The molecule has 3 aliphatic rings. The van der Waals surface area contributed by atoms with Crippen LogP contribution < -0.4 is 10.2 Å². The zero-order chi connectivity index (χ0) is 22.4. The lowest BCUT2D eigenvalue weighted by molar-refractivity contribution is -0.121. The summed E-state index contributed by atoms with van der Waals surface area (Å²) in [5.41, 5.74) is 2.00. The molecule has 2 heterocycles. The first-order chi connectivity index (χ1) is 15.5. The maximum absolute atomic E-state index is 13.2. The molecule has 5 rings (SSSR count). The predicted octanol–water partition coefficient (Wildman–Crippen LogP) is 3.80. The minimum absolute atomic E-state index is 0.0434. The second kappa shape index (κ2) is 8.37. The number of hydrogen-bond acceptors (Lipinski definition) is 7. The van der Waals surface area contributed by atoms with Crippen LogP contribution in [0.4, 0.5) is 10.7 Å². The molecule has 1 atom stereocenters. The van der Waals surface area contributed by atoms with Gasteiger partial charge in [-0.15, -0.1) is 23.1 Å². The Hall–Kier alpha value is -2.65. The molecule has 32 heavy (non-hydrogen) atoms. The van der Waals surface area contributed by atoms with Crippen LogP contribution in [0.3, 0.4) is 0 Å². The van der Waals surface area contributed by atoms with Crippen molar-refractivity contribution in [1.82, 2.24) is 0 Å². The summed E-state index contributed by atoms with van der Waals surface area (Å²) in [5, 5.41) is 2.73. The number of thioether (sulfide) groups is 1. The summed E-state index contributed by atoms with van der Waals surface area (Å²) in [7, 11) is 1.31. The molecule has 2 aliphatic carbocycles. The Morgan fingerprint density at radius 1 is 1.16 bits per heavy atom. The van der Waals surface area contributed by atoms with E-state index < -0.39 is 11.2 Å². The Morgan fingerprint density at radius 2 is 1.91 bits per heavy atom. The number of carbonyl (C=O) groups excluding carboxylic acids is 4. The Kier molecular flexibility index (Phi) is 5.54. The van der Waals surface area contributed by atoms with Crippen LogP contribution >= 0.6 is 23.1 Å². The summed E-state index contributed by atoms with van der Waals surface area (Å²) in [5.74, 6) is -0.936. The zero-order valence-electron chi connectivity index (χ0n) is 17.5. The van der Waals surface area contributed by atoms with Crippen molar-refractivity contribution in [1.29, 1.82) is 0 Å². The van der Waals surface area contributed by atoms with Crippen molar-refractivity contribution < 1.29 is 23.9 Å². The van der Waals surface area contributed by atoms with Crippen molar-refractivity contribution in [2.75, 3.05) is 17.3 Å². The molecule has 0 radical (unpaired) electrons. The number of amides is 3. The zero-order valence-corrected chi connectivity index (χ0v) is 19.1. The van der Waals surface area contributed by atoms with Gasteiger partial charge >= 0.3 is 5.97 Å². The van der Waals surface area contributed by atoms with Crippen LogP contribution in [0.25, 0.3) is 0 Å². The van der Waals surface area contributed by atoms with Crippen LogP contribution in [0.15, 0.2) is 29.2 Å². The third-order valence-electron chi connectivity index (χ3n) is 5.95. The van der Waals surface area contributed by atoms with Crippen molar-refractivity contribution in [3.8, 4) is 0 Å². The first-order valence-electron chi connectivity index (χ1n) is 10.6. The number of nitrogens with zero attached hydrogens (tertiary/aromatic N) is 1. The molecule has 1 N–H and O–H groups in total. The van der Waals surface area contributed by atoms with Crippen molar-refractivity contribution in [2.45, 2.75) is 48.7 Å². The maximum atomic E-state index is 13.2. The van der Waals surface area contributed by atoms with E-state index in [1.807, 2.05) is 12.1 Å². The van der Waals surface area contributed by atoms with Crippen molar-refractivity contribution in [2.24, 2.45) is 5.92 Å². The van der Waals surface area contributed by atoms with E-state index in [1.54, 1.807) is 12.1 Å². The van der Waals surface area contributed by atoms with Gasteiger partial charge in [0.15, 0.2) is 0 Å². The highest BCUT2D eigenvalue weighted by molar-refractivity contribution is 8.00. The van der Waals surface area contributed by atoms with Gasteiger partial charge in [-0.05, 0) is 61.9 Å². The molecule has 166 valence electrons. The van der Waals surface area contributed by atoms with Crippen LogP contribution in [-0.4, -0.2) is 36.1 Å². The number of carbonyl (C=O) groups is 4. The van der Waals surface area contributed by atoms with Gasteiger partial charge < -0.3 is 10.1 Å². The first kappa shape index (κ1) is 21.2. The Labute approximate surface area is 193 Å². The van der Waals surface area contributed by atoms with E-state index in [4.69, 9.17) is 4.74 Å². The number of ether oxygens (including phenoxy) is 1. The number of hydrogen-bond donors (Lipinski definition) is 1. The lowest BCUT2D eigenvalue weighted by atomic mass is 10.1. The largest absolute Gasteiger partial charge is 0.465 e. The summed E-state index contributed by atoms with van der Waals surface area (Å²) in [4.78, 5) is 53.4. The second-order valence-electron chi connectivity index (χ2n) is 8.19. The number of rotatable bonds is 6. The highest BCUT2D eigenvalue weighted by Crippen LogP contribution is 2.44. The molecule has 1 aromatic carbocycles. The summed E-state index contributed by atoms with van der Waals surface area (Å²) in [6, 6.07) is 7.29. The van der Waals surface area contributed by atoms with Crippen LogP contribution in [0.1, 0.15) is 46.5 Å². The van der Waals surface area contributed by atoms with Gasteiger partial charge in [-0.2, -0.15) is 0 Å². The molecule has 3 amide bonds. The molecule has 0 spiro atoms. The fourth-order valence-electron chi connectivity index (χ4n) is 4.14. The summed E-state index contributed by atoms with van der Waals surface area (Å²) in [6.07, 6.45) is 4.53. The van der Waals surface area contributed by atoms with E-state index in [1.165, 1.54) is 35.1 Å². The van der Waals surface area contributed by atoms with E-state index in [-0.39, 0.29) is 30.1 Å². The number of esters is 1. The number of fused-ring (bicyclic) bond motifs is 1. The van der Waals surface area contributed by atoms with Gasteiger partial charge in [-0.1, -0.05) is 0 Å². The number of imide groups is 1. The molecule has 1 aromatic heterocycles. The molecule has 1 saturated carbocycles. The van der Waals surface area contributed by atoms with E-state index in [0.717, 1.165) is 53.1 Å². The SMILES string of the molecule is COC(=O)c1c(N2C(=O)C[C@@H](Sc3ccc(NC(=O)C4CC4)cc3)C2=O)sc2c1CCC2. The summed E-state index contributed by atoms with van der Waals surface area (Å²) in [6.45, 7) is 0. The second-order valence-corrected chi connectivity index (χ2v) is 10.6. The lowest BCUT2D eigenvalue weighted by Crippen LogP contribution is -2.31. The molecule has 2 fully saturated rings. The number of benzene rings is 1. The summed E-state index contributed by atoms with van der Waals surface area (Å²) >= 11 is 2.68. The van der Waals surface area contributed by atoms with Gasteiger partial charge in [-0.3, -0.25) is 14.4 Å². The van der Waals surface area contributed by atoms with Crippen molar-refractivity contribution in [3.63, 3.8) is 0 Å². The molecule has 0 bridgehead atoms. The minimum atomic E-state index is -0.558. The topological polar surface area (TPSA) is 92.8 Å². The molecule has 7 nitrogen and oxygen atoms in total. The number of nitrogens with one attached hydrogen (secondary N) is 1. The normalized spacial score (nSPS) is 19.9. The number of methoxy groups -OCH3 is 1. The van der Waals surface area contributed by atoms with Crippen LogP contribution in [-0.2, 0) is 32.0 Å². The standard InChI is InChI=1S/C23H22N2O5S2/c1-30-23(29)19-15-3-2-4-16(15)32-22(19)25-18(26)11-17(21(25)28)31-14-9-7-13(8-10-14)24-20(27)12-5-6-12/h7-10,12,17H,2-6,11H2,1H3,(H,24,27)/t17-/m1/s1. The lowest BCUT2D eigenvalue weighted by Gasteiger charge is -2.15. The predicted molar refractivity (Wildman–Crippen MR) is 122 cm³/mol. The average molecular weight is 471 g/mol. The van der Waals surface area contributed by atoms with Crippen LogP contribution in [0, 0.1) is 5.92 Å². The van der Waals surface area contributed by atoms with Crippen molar-refractivity contribution >= 4 is 57.5 Å². The van der Waals surface area contributed by atoms with Gasteiger partial charge in [-0.25, -0.2) is 9.69 Å². The quantitative estimate of drug-likeness (QED) is 0.510. The fourth-order valence-corrected chi connectivity index (χ4v) is 6.59. The Morgan fingerprint density at radius 3 is 2.59 bits per heavy atom. The molecule has 2 aromatic rings. The highest BCUT2D eigenvalue weighted by atomic mass is 32.2. The van der Waals surface area contributed by atoms with Gasteiger partial charge in [0.05, 0.1) is 17.9 Å². The third-order valence-corrected chi connectivity index (χ3v) is 8.42. The van der Waals surface area contributed by atoms with Gasteiger partial charge in [0.1, 0.15) is 5.00 Å². The first-order valence-corrected chi connectivity index (χ1v) is 12.3. The number of aryl methyl sites for hydroxylation is 1. The van der Waals surface area contributed by atoms with E-state index in [0.29, 0.717) is 10.6 Å². The molecule has 1 saturated heterocycles. The third kappa shape index (κ3) is 3.84. The Balaban J connectivity index is 1.33. The minimum Gasteiger partial charge on any atom is -0.465 e. The molecular formula is C23H22N2O5S2. The average Bonchev–Trinajstić information content (AvgIpc) is 3.36. The van der Waals surface area contributed by atoms with Crippen LogP contribution in [0.2, 0.25) is 0 Å². The van der Waals surface area contributed by atoms with Crippen LogP contribution in [0.5, 0.6) is 0 Å². The van der Waals surface area contributed by atoms with E-state index in [9.17, 15) is 19.2 Å².